The Labute approximate surface area is 363 Å². The van der Waals surface area contributed by atoms with Crippen LogP contribution in [0.3, 0.4) is 0 Å². The van der Waals surface area contributed by atoms with Crippen molar-refractivity contribution in [3.05, 3.63) is 0 Å². The molecule has 356 valence electrons. The predicted octanol–water partition coefficient (Wildman–Crippen LogP) is -4.18. The number of hydrogen-bond acceptors (Lipinski definition) is 16. The number of nitrogens with one attached hydrogen (secondary N) is 7. The largest absolute Gasteiger partial charge is 0.481 e. The first-order chi connectivity index (χ1) is 29.4. The number of rotatable bonds is 45. The van der Waals surface area contributed by atoms with Crippen LogP contribution in [0.2, 0.25) is 0 Å². The van der Waals surface area contributed by atoms with E-state index in [1.54, 1.807) is 0 Å². The van der Waals surface area contributed by atoms with E-state index < -0.39 is 17.9 Å². The van der Waals surface area contributed by atoms with Gasteiger partial charge in [0.15, 0.2) is 0 Å². The van der Waals surface area contributed by atoms with Crippen LogP contribution >= 0.6 is 0 Å². The number of nitrogens with two attached hydrogens (primary N) is 2. The molecule has 14 N–H and O–H groups in total. The summed E-state index contributed by atoms with van der Waals surface area (Å²) in [6.45, 7) is 18.8. The lowest BCUT2D eigenvalue weighted by atomic mass is 10.3. The average Bonchev–Trinajstić information content (AvgIpc) is 3.22. The van der Waals surface area contributed by atoms with Crippen LogP contribution in [0.25, 0.3) is 0 Å². The Bertz CT molecular complexity index is 1180. The highest BCUT2D eigenvalue weighted by Gasteiger charge is 2.15. The smallest absolute Gasteiger partial charge is 0.303 e. The lowest BCUT2D eigenvalue weighted by molar-refractivity contribution is -0.139. The molecule has 0 aromatic rings. The maximum absolute atomic E-state index is 12.2. The Morgan fingerprint density at radius 1 is 0.361 bits per heavy atom. The minimum Gasteiger partial charge on any atom is -0.481 e. The Kier molecular flexibility index (Phi) is 38.1. The average molecular weight is 876 g/mol. The molecule has 0 aliphatic carbocycles. The van der Waals surface area contributed by atoms with Gasteiger partial charge in [0.25, 0.3) is 0 Å². The van der Waals surface area contributed by atoms with Gasteiger partial charge in [-0.25, -0.2) is 0 Å². The predicted molar refractivity (Wildman–Crippen MR) is 235 cm³/mol. The van der Waals surface area contributed by atoms with Gasteiger partial charge < -0.3 is 64.0 Å². The third-order valence-corrected chi connectivity index (χ3v) is 9.51. The molecule has 61 heavy (non-hydrogen) atoms. The Balaban J connectivity index is 5.77. The van der Waals surface area contributed by atoms with Crippen molar-refractivity contribution in [2.45, 2.75) is 51.9 Å². The molecule has 0 radical (unpaired) electrons. The quantitative estimate of drug-likeness (QED) is 0.0258. The molecule has 0 saturated heterocycles. The molecule has 3 amide bonds. The summed E-state index contributed by atoms with van der Waals surface area (Å²) in [4.78, 5) is 78.3. The van der Waals surface area contributed by atoms with Gasteiger partial charge >= 0.3 is 17.9 Å². The van der Waals surface area contributed by atoms with Crippen LogP contribution in [0, 0.1) is 0 Å². The zero-order chi connectivity index (χ0) is 45.4. The molecule has 22 heteroatoms. The van der Waals surface area contributed by atoms with Crippen molar-refractivity contribution in [3.63, 3.8) is 0 Å². The molecule has 0 aromatic heterocycles. The Hall–Kier alpha value is -3.58. The van der Waals surface area contributed by atoms with E-state index in [2.05, 4.69) is 63.7 Å². The normalized spacial score (nSPS) is 11.5. The van der Waals surface area contributed by atoms with Crippen LogP contribution in [-0.4, -0.2) is 234 Å². The van der Waals surface area contributed by atoms with Gasteiger partial charge in [-0.3, -0.25) is 48.4 Å². The number of aliphatic carboxylic acids is 3. The van der Waals surface area contributed by atoms with Crippen LogP contribution < -0.4 is 48.7 Å². The van der Waals surface area contributed by atoms with Crippen LogP contribution in [0.1, 0.15) is 51.9 Å². The van der Waals surface area contributed by atoms with E-state index in [4.69, 9.17) is 26.8 Å². The summed E-state index contributed by atoms with van der Waals surface area (Å²) in [5.74, 6) is -3.91. The van der Waals surface area contributed by atoms with E-state index in [1.165, 1.54) is 0 Å². The molecular weight excluding hydrogens is 795 g/mol. The molecule has 0 aliphatic heterocycles. The van der Waals surface area contributed by atoms with E-state index in [0.29, 0.717) is 72.0 Å². The van der Waals surface area contributed by atoms with Gasteiger partial charge in [0.2, 0.25) is 17.7 Å². The van der Waals surface area contributed by atoms with Crippen molar-refractivity contribution in [1.29, 1.82) is 0 Å². The third kappa shape index (κ3) is 39.0. The van der Waals surface area contributed by atoms with Gasteiger partial charge in [-0.1, -0.05) is 6.92 Å². The second-order valence-corrected chi connectivity index (χ2v) is 14.7. The molecule has 0 atom stereocenters. The summed E-state index contributed by atoms with van der Waals surface area (Å²) in [5.41, 5.74) is 11.4. The topological polar surface area (TPSA) is 312 Å². The molecule has 0 aromatic carbocycles. The van der Waals surface area contributed by atoms with Gasteiger partial charge in [-0.2, -0.15) is 0 Å². The lowest BCUT2D eigenvalue weighted by Gasteiger charge is -2.32. The highest BCUT2D eigenvalue weighted by Crippen LogP contribution is 1.99. The molecule has 0 bridgehead atoms. The molecule has 0 unspecified atom stereocenters. The minimum atomic E-state index is -1.01. The third-order valence-electron chi connectivity index (χ3n) is 9.51. The molecule has 0 spiro atoms. The van der Waals surface area contributed by atoms with E-state index >= 15 is 0 Å². The molecule has 0 rings (SSSR count). The maximum Gasteiger partial charge on any atom is 0.303 e. The van der Waals surface area contributed by atoms with E-state index in [9.17, 15) is 28.8 Å². The van der Waals surface area contributed by atoms with Crippen LogP contribution in [0.5, 0.6) is 0 Å². The number of nitrogens with zero attached hydrogens (tertiary/aromatic N) is 4. The fourth-order valence-corrected chi connectivity index (χ4v) is 5.94. The van der Waals surface area contributed by atoms with E-state index in [0.717, 1.165) is 98.0 Å². The molecule has 0 aliphatic rings. The van der Waals surface area contributed by atoms with Crippen molar-refractivity contribution < 1.29 is 44.1 Å². The highest BCUT2D eigenvalue weighted by molar-refractivity contribution is 5.81. The van der Waals surface area contributed by atoms with Crippen molar-refractivity contribution in [2.75, 3.05) is 164 Å². The van der Waals surface area contributed by atoms with Gasteiger partial charge in [0.05, 0.1) is 19.3 Å². The van der Waals surface area contributed by atoms with Gasteiger partial charge in [0, 0.05) is 176 Å². The second-order valence-electron chi connectivity index (χ2n) is 14.7. The Morgan fingerprint density at radius 2 is 0.639 bits per heavy atom. The fraction of sp³-hybridized carbons (Fsp3) is 0.846. The molecular formula is C39H81N13O9. The van der Waals surface area contributed by atoms with Crippen molar-refractivity contribution in [1.82, 2.24) is 56.8 Å². The monoisotopic (exact) mass is 876 g/mol. The SMILES string of the molecule is CCCNCCN(CCNC(=O)CCC(=O)O)CCN(CCNCCNC(=O)CCC(=O)O)CCN(CCNCCN)CCN(CCNCCN)CCNC(=O)CCC(=O)O. The number of carboxylic acid groups (broad SMARTS) is 3. The summed E-state index contributed by atoms with van der Waals surface area (Å²) in [6, 6.07) is 0. The van der Waals surface area contributed by atoms with Crippen LogP contribution in [-0.2, 0) is 28.8 Å². The standard InChI is InChI=1S/C39H81N13O9/c1-2-11-42-16-22-49(26-20-47-35(54)4-7-38(58)59)28-31-52(25-19-45-14-15-46-34(53)3-6-37(56)57)33-32-51(24-18-44-13-10-41)30-29-50(23-17-43-12-9-40)27-21-48-36(55)5-8-39(60)61/h42-45H,2-33,40-41H2,1H3,(H,46,53)(H,47,54)(H,48,55)(H,56,57)(H,58,59)(H,60,61). The first-order valence-electron chi connectivity index (χ1n) is 22.0. The summed E-state index contributed by atoms with van der Waals surface area (Å²) in [5, 5.41) is 48.7. The first kappa shape index (κ1) is 57.4. The number of amides is 3. The molecule has 22 nitrogen and oxygen atoms in total. The summed E-state index contributed by atoms with van der Waals surface area (Å²) in [7, 11) is 0. The zero-order valence-corrected chi connectivity index (χ0v) is 36.9. The maximum atomic E-state index is 12.2. The lowest BCUT2D eigenvalue weighted by Crippen LogP contribution is -2.47. The fourth-order valence-electron chi connectivity index (χ4n) is 5.94. The number of carboxylic acids is 3. The van der Waals surface area contributed by atoms with Crippen LogP contribution in [0.15, 0.2) is 0 Å². The van der Waals surface area contributed by atoms with E-state index in [1.807, 2.05) is 0 Å². The van der Waals surface area contributed by atoms with Gasteiger partial charge in [-0.15, -0.1) is 0 Å². The minimum absolute atomic E-state index is 0.0627. The molecule has 0 fully saturated rings. The Morgan fingerprint density at radius 3 is 0.951 bits per heavy atom. The van der Waals surface area contributed by atoms with Gasteiger partial charge in [0.1, 0.15) is 0 Å². The first-order valence-corrected chi connectivity index (χ1v) is 22.0. The van der Waals surface area contributed by atoms with Crippen molar-refractivity contribution in [2.24, 2.45) is 11.5 Å². The van der Waals surface area contributed by atoms with Crippen molar-refractivity contribution in [3.8, 4) is 0 Å². The summed E-state index contributed by atoms with van der Waals surface area (Å²) in [6.07, 6.45) is 0.185. The number of carbonyl (C=O) groups is 6. The summed E-state index contributed by atoms with van der Waals surface area (Å²) >= 11 is 0. The number of hydrogen-bond donors (Lipinski definition) is 12. The zero-order valence-electron chi connectivity index (χ0n) is 36.9. The van der Waals surface area contributed by atoms with Crippen molar-refractivity contribution >= 4 is 35.6 Å². The van der Waals surface area contributed by atoms with Crippen LogP contribution in [0.4, 0.5) is 0 Å². The summed E-state index contributed by atoms with van der Waals surface area (Å²) < 4.78 is 0. The molecule has 0 saturated carbocycles. The second kappa shape index (κ2) is 40.5. The highest BCUT2D eigenvalue weighted by atomic mass is 16.4. The van der Waals surface area contributed by atoms with E-state index in [-0.39, 0.29) is 56.2 Å². The van der Waals surface area contributed by atoms with Gasteiger partial charge in [-0.05, 0) is 13.0 Å². The number of carbonyl (C=O) groups excluding carboxylic acids is 3. The molecule has 0 heterocycles.